The molecular weight excluding hydrogens is 298 g/mol. The highest BCUT2D eigenvalue weighted by Gasteiger charge is 2.16. The molecule has 1 aromatic heterocycles. The number of amides is 1. The third kappa shape index (κ3) is 3.32. The third-order valence-corrected chi connectivity index (χ3v) is 4.33. The molecule has 0 fully saturated rings. The zero-order valence-electron chi connectivity index (χ0n) is 14.2. The standard InChI is InChI=1S/C20H23N3O/c1-3-20(24)21-14-13-19-22-17-11-7-8-12-18(17)23(19)15(2)16-9-5-4-6-10-16/h4-12,15H,3,13-14H2,1-2H3,(H,21,24). The first-order valence-electron chi connectivity index (χ1n) is 8.48. The molecule has 0 bridgehead atoms. The summed E-state index contributed by atoms with van der Waals surface area (Å²) >= 11 is 0. The van der Waals surface area contributed by atoms with Gasteiger partial charge in [-0.05, 0) is 24.6 Å². The minimum absolute atomic E-state index is 0.0776. The zero-order chi connectivity index (χ0) is 16.9. The van der Waals surface area contributed by atoms with E-state index in [-0.39, 0.29) is 11.9 Å². The summed E-state index contributed by atoms with van der Waals surface area (Å²) in [6.45, 7) is 4.66. The molecule has 3 rings (SSSR count). The van der Waals surface area contributed by atoms with Crippen LogP contribution in [0.25, 0.3) is 11.0 Å². The highest BCUT2D eigenvalue weighted by Crippen LogP contribution is 2.26. The van der Waals surface area contributed by atoms with Gasteiger partial charge in [-0.25, -0.2) is 4.98 Å². The summed E-state index contributed by atoms with van der Waals surface area (Å²) in [7, 11) is 0. The Bertz CT molecular complexity index is 823. The van der Waals surface area contributed by atoms with Gasteiger partial charge in [0.25, 0.3) is 0 Å². The Morgan fingerprint density at radius 2 is 1.83 bits per heavy atom. The number of para-hydroxylation sites is 2. The highest BCUT2D eigenvalue weighted by atomic mass is 16.1. The molecule has 2 aromatic carbocycles. The SMILES string of the molecule is CCC(=O)NCCc1nc2ccccc2n1C(C)c1ccccc1. The van der Waals surface area contributed by atoms with Crippen LogP contribution < -0.4 is 5.32 Å². The van der Waals surface area contributed by atoms with Gasteiger partial charge in [-0.1, -0.05) is 49.4 Å². The van der Waals surface area contributed by atoms with Crippen molar-refractivity contribution in [2.24, 2.45) is 0 Å². The highest BCUT2D eigenvalue weighted by molar-refractivity contribution is 5.77. The van der Waals surface area contributed by atoms with Crippen molar-refractivity contribution >= 4 is 16.9 Å². The largest absolute Gasteiger partial charge is 0.356 e. The summed E-state index contributed by atoms with van der Waals surface area (Å²) < 4.78 is 2.28. The van der Waals surface area contributed by atoms with Gasteiger partial charge in [0.2, 0.25) is 5.91 Å². The Balaban J connectivity index is 1.94. The molecule has 1 N–H and O–H groups in total. The summed E-state index contributed by atoms with van der Waals surface area (Å²) in [6.07, 6.45) is 1.23. The molecule has 1 atom stereocenters. The molecule has 24 heavy (non-hydrogen) atoms. The van der Waals surface area contributed by atoms with Crippen LogP contribution >= 0.6 is 0 Å². The molecule has 1 unspecified atom stereocenters. The van der Waals surface area contributed by atoms with Crippen LogP contribution in [-0.4, -0.2) is 22.0 Å². The first-order chi connectivity index (χ1) is 11.7. The molecule has 0 saturated heterocycles. The van der Waals surface area contributed by atoms with E-state index in [1.54, 1.807) is 0 Å². The molecule has 3 aromatic rings. The third-order valence-electron chi connectivity index (χ3n) is 4.33. The molecule has 0 aliphatic carbocycles. The predicted octanol–water partition coefficient (Wildman–Crippen LogP) is 3.71. The smallest absolute Gasteiger partial charge is 0.219 e. The molecule has 124 valence electrons. The number of hydrogen-bond acceptors (Lipinski definition) is 2. The minimum Gasteiger partial charge on any atom is -0.356 e. The number of nitrogens with zero attached hydrogens (tertiary/aromatic N) is 2. The number of fused-ring (bicyclic) bond motifs is 1. The van der Waals surface area contributed by atoms with Crippen LogP contribution in [0.4, 0.5) is 0 Å². The lowest BCUT2D eigenvalue weighted by molar-refractivity contribution is -0.120. The number of rotatable bonds is 6. The molecule has 0 aliphatic heterocycles. The Labute approximate surface area is 142 Å². The molecule has 4 heteroatoms. The van der Waals surface area contributed by atoms with Crippen LogP contribution in [0.15, 0.2) is 54.6 Å². The molecular formula is C20H23N3O. The number of carbonyl (C=O) groups excluding carboxylic acids is 1. The quantitative estimate of drug-likeness (QED) is 0.752. The van der Waals surface area contributed by atoms with Gasteiger partial charge in [0, 0.05) is 19.4 Å². The molecule has 0 spiro atoms. The monoisotopic (exact) mass is 321 g/mol. The number of hydrogen-bond donors (Lipinski definition) is 1. The zero-order valence-corrected chi connectivity index (χ0v) is 14.2. The van der Waals surface area contributed by atoms with Crippen LogP contribution in [0.2, 0.25) is 0 Å². The molecule has 1 heterocycles. The van der Waals surface area contributed by atoms with Crippen molar-refractivity contribution in [2.75, 3.05) is 6.54 Å². The van der Waals surface area contributed by atoms with Gasteiger partial charge >= 0.3 is 0 Å². The number of benzene rings is 2. The summed E-state index contributed by atoms with van der Waals surface area (Å²) in [5.74, 6) is 1.08. The van der Waals surface area contributed by atoms with E-state index < -0.39 is 0 Å². The van der Waals surface area contributed by atoms with E-state index in [2.05, 4.69) is 47.1 Å². The second-order valence-electron chi connectivity index (χ2n) is 5.93. The van der Waals surface area contributed by atoms with E-state index >= 15 is 0 Å². The van der Waals surface area contributed by atoms with Gasteiger partial charge in [-0.2, -0.15) is 0 Å². The normalized spacial score (nSPS) is 12.2. The maximum Gasteiger partial charge on any atom is 0.219 e. The van der Waals surface area contributed by atoms with Crippen LogP contribution in [0.5, 0.6) is 0 Å². The topological polar surface area (TPSA) is 46.9 Å². The average Bonchev–Trinajstić information content (AvgIpc) is 2.99. The maximum absolute atomic E-state index is 11.5. The number of carbonyl (C=O) groups is 1. The van der Waals surface area contributed by atoms with Crippen LogP contribution in [0.3, 0.4) is 0 Å². The van der Waals surface area contributed by atoms with Gasteiger partial charge in [-0.15, -0.1) is 0 Å². The summed E-state index contributed by atoms with van der Waals surface area (Å²) in [5.41, 5.74) is 3.38. The van der Waals surface area contributed by atoms with Gasteiger partial charge in [0.05, 0.1) is 17.1 Å². The fraction of sp³-hybridized carbons (Fsp3) is 0.300. The molecule has 4 nitrogen and oxygen atoms in total. The van der Waals surface area contributed by atoms with Crippen molar-refractivity contribution in [2.45, 2.75) is 32.7 Å². The molecule has 1 amide bonds. The predicted molar refractivity (Wildman–Crippen MR) is 97.0 cm³/mol. The average molecular weight is 321 g/mol. The van der Waals surface area contributed by atoms with Crippen molar-refractivity contribution in [1.29, 1.82) is 0 Å². The lowest BCUT2D eigenvalue weighted by atomic mass is 10.1. The van der Waals surface area contributed by atoms with Crippen molar-refractivity contribution in [1.82, 2.24) is 14.9 Å². The van der Waals surface area contributed by atoms with Gasteiger partial charge in [0.1, 0.15) is 5.82 Å². The Morgan fingerprint density at radius 1 is 1.12 bits per heavy atom. The maximum atomic E-state index is 11.5. The molecule has 0 aliphatic rings. The van der Waals surface area contributed by atoms with Crippen molar-refractivity contribution in [3.05, 3.63) is 66.0 Å². The van der Waals surface area contributed by atoms with Crippen molar-refractivity contribution < 1.29 is 4.79 Å². The van der Waals surface area contributed by atoms with E-state index in [1.165, 1.54) is 5.56 Å². The number of aromatic nitrogens is 2. The van der Waals surface area contributed by atoms with E-state index in [9.17, 15) is 4.79 Å². The summed E-state index contributed by atoms with van der Waals surface area (Å²) in [5, 5.41) is 2.94. The second kappa shape index (κ2) is 7.30. The van der Waals surface area contributed by atoms with Gasteiger partial charge < -0.3 is 9.88 Å². The minimum atomic E-state index is 0.0776. The van der Waals surface area contributed by atoms with E-state index in [0.717, 1.165) is 23.3 Å². The van der Waals surface area contributed by atoms with Crippen LogP contribution in [0, 0.1) is 0 Å². The van der Waals surface area contributed by atoms with E-state index in [1.807, 2.05) is 31.2 Å². The van der Waals surface area contributed by atoms with Gasteiger partial charge in [0.15, 0.2) is 0 Å². The van der Waals surface area contributed by atoms with Crippen LogP contribution in [-0.2, 0) is 11.2 Å². The second-order valence-corrected chi connectivity index (χ2v) is 5.93. The Morgan fingerprint density at radius 3 is 2.58 bits per heavy atom. The lowest BCUT2D eigenvalue weighted by Crippen LogP contribution is -2.25. The summed E-state index contributed by atoms with van der Waals surface area (Å²) in [4.78, 5) is 16.3. The fourth-order valence-electron chi connectivity index (χ4n) is 3.02. The Hall–Kier alpha value is -2.62. The van der Waals surface area contributed by atoms with E-state index in [4.69, 9.17) is 4.98 Å². The first kappa shape index (κ1) is 16.2. The van der Waals surface area contributed by atoms with Crippen molar-refractivity contribution in [3.63, 3.8) is 0 Å². The van der Waals surface area contributed by atoms with Crippen molar-refractivity contribution in [3.8, 4) is 0 Å². The van der Waals surface area contributed by atoms with Crippen LogP contribution in [0.1, 0.15) is 37.7 Å². The Kier molecular flexibility index (Phi) is 4.94. The van der Waals surface area contributed by atoms with Gasteiger partial charge in [-0.3, -0.25) is 4.79 Å². The molecule has 0 saturated carbocycles. The lowest BCUT2D eigenvalue weighted by Gasteiger charge is -2.18. The number of nitrogens with one attached hydrogen (secondary N) is 1. The van der Waals surface area contributed by atoms with E-state index in [0.29, 0.717) is 13.0 Å². The molecule has 0 radical (unpaired) electrons. The number of imidazole rings is 1. The summed E-state index contributed by atoms with van der Waals surface area (Å²) in [6, 6.07) is 18.8. The fourth-order valence-corrected chi connectivity index (χ4v) is 3.02. The first-order valence-corrected chi connectivity index (χ1v) is 8.48.